The highest BCUT2D eigenvalue weighted by molar-refractivity contribution is 5.10. The molecule has 1 aromatic rings. The molecule has 14 heavy (non-hydrogen) atoms. The molecule has 3 heteroatoms. The van der Waals surface area contributed by atoms with E-state index in [0.717, 1.165) is 19.6 Å². The van der Waals surface area contributed by atoms with Crippen LogP contribution in [0.2, 0.25) is 0 Å². The smallest absolute Gasteiger partial charge is 0.113 e. The van der Waals surface area contributed by atoms with Gasteiger partial charge in [0.1, 0.15) is 5.82 Å². The van der Waals surface area contributed by atoms with E-state index in [4.69, 9.17) is 0 Å². The number of nitrogens with zero attached hydrogens (tertiary/aromatic N) is 2. The molecule has 0 spiro atoms. The van der Waals surface area contributed by atoms with Gasteiger partial charge in [-0.2, -0.15) is 0 Å². The van der Waals surface area contributed by atoms with Gasteiger partial charge in [-0.1, -0.05) is 6.92 Å². The van der Waals surface area contributed by atoms with Crippen molar-refractivity contribution in [1.29, 1.82) is 0 Å². The van der Waals surface area contributed by atoms with Gasteiger partial charge >= 0.3 is 0 Å². The van der Waals surface area contributed by atoms with Crippen LogP contribution >= 0.6 is 0 Å². The highest BCUT2D eigenvalue weighted by Crippen LogP contribution is 2.22. The molecule has 2 heterocycles. The summed E-state index contributed by atoms with van der Waals surface area (Å²) in [6.45, 7) is 7.71. The lowest BCUT2D eigenvalue weighted by atomic mass is 10.1. The molecule has 1 atom stereocenters. The van der Waals surface area contributed by atoms with E-state index in [1.54, 1.807) is 0 Å². The quantitative estimate of drug-likeness (QED) is 0.791. The molecule has 1 fully saturated rings. The molecule has 0 aromatic carbocycles. The van der Waals surface area contributed by atoms with E-state index in [0.29, 0.717) is 5.92 Å². The number of aromatic nitrogens is 2. The van der Waals surface area contributed by atoms with Gasteiger partial charge in [0.25, 0.3) is 0 Å². The van der Waals surface area contributed by atoms with E-state index in [2.05, 4.69) is 28.7 Å². The first kappa shape index (κ1) is 9.71. The zero-order valence-corrected chi connectivity index (χ0v) is 9.08. The lowest BCUT2D eigenvalue weighted by Crippen LogP contribution is -2.13. The van der Waals surface area contributed by atoms with Gasteiger partial charge in [-0.15, -0.1) is 0 Å². The van der Waals surface area contributed by atoms with Crippen molar-refractivity contribution in [1.82, 2.24) is 14.9 Å². The van der Waals surface area contributed by atoms with Gasteiger partial charge in [0, 0.05) is 30.9 Å². The number of hydrogen-bond donors (Lipinski definition) is 1. The zero-order chi connectivity index (χ0) is 9.97. The van der Waals surface area contributed by atoms with Crippen LogP contribution in [0.25, 0.3) is 0 Å². The van der Waals surface area contributed by atoms with Crippen LogP contribution in [0.4, 0.5) is 0 Å². The van der Waals surface area contributed by atoms with Gasteiger partial charge in [0.2, 0.25) is 0 Å². The molecular formula is C11H19N3. The van der Waals surface area contributed by atoms with Crippen molar-refractivity contribution in [2.75, 3.05) is 13.1 Å². The first-order chi connectivity index (χ1) is 6.83. The fraction of sp³-hybridized carbons (Fsp3) is 0.727. The third-order valence-corrected chi connectivity index (χ3v) is 2.96. The van der Waals surface area contributed by atoms with E-state index in [1.165, 1.54) is 24.4 Å². The largest absolute Gasteiger partial charge is 0.332 e. The third-order valence-electron chi connectivity index (χ3n) is 2.96. The van der Waals surface area contributed by atoms with Gasteiger partial charge in [-0.3, -0.25) is 0 Å². The lowest BCUT2D eigenvalue weighted by Gasteiger charge is -2.12. The van der Waals surface area contributed by atoms with Crippen molar-refractivity contribution >= 4 is 0 Å². The summed E-state index contributed by atoms with van der Waals surface area (Å²) in [6.07, 6.45) is 4.42. The lowest BCUT2D eigenvalue weighted by molar-refractivity contribution is 0.579. The average molecular weight is 193 g/mol. The molecule has 1 aliphatic rings. The second kappa shape index (κ2) is 4.13. The number of hydrogen-bond acceptors (Lipinski definition) is 2. The van der Waals surface area contributed by atoms with Gasteiger partial charge in [-0.25, -0.2) is 4.98 Å². The Balaban J connectivity index is 2.22. The number of aryl methyl sites for hydroxylation is 1. The maximum Gasteiger partial charge on any atom is 0.113 e. The molecule has 0 bridgehead atoms. The summed E-state index contributed by atoms with van der Waals surface area (Å²) < 4.78 is 2.37. The Kier molecular flexibility index (Phi) is 2.87. The van der Waals surface area contributed by atoms with E-state index in [9.17, 15) is 0 Å². The molecule has 1 aliphatic heterocycles. The van der Waals surface area contributed by atoms with Crippen LogP contribution in [0.3, 0.4) is 0 Å². The molecule has 0 saturated carbocycles. The van der Waals surface area contributed by atoms with Crippen molar-refractivity contribution in [3.05, 3.63) is 17.7 Å². The third kappa shape index (κ3) is 1.69. The van der Waals surface area contributed by atoms with E-state index >= 15 is 0 Å². The Bertz CT molecular complexity index is 297. The summed E-state index contributed by atoms with van der Waals surface area (Å²) in [5.74, 6) is 1.92. The molecule has 0 unspecified atom stereocenters. The van der Waals surface area contributed by atoms with Crippen molar-refractivity contribution in [2.24, 2.45) is 0 Å². The summed E-state index contributed by atoms with van der Waals surface area (Å²) in [4.78, 5) is 4.54. The summed E-state index contributed by atoms with van der Waals surface area (Å²) in [5, 5.41) is 3.40. The molecule has 0 amide bonds. The van der Waals surface area contributed by atoms with Gasteiger partial charge < -0.3 is 9.88 Å². The summed E-state index contributed by atoms with van der Waals surface area (Å²) in [6, 6.07) is 0. The second-order valence-corrected chi connectivity index (χ2v) is 4.10. The fourth-order valence-corrected chi connectivity index (χ4v) is 2.19. The van der Waals surface area contributed by atoms with E-state index in [-0.39, 0.29) is 0 Å². The van der Waals surface area contributed by atoms with Crippen molar-refractivity contribution in [3.63, 3.8) is 0 Å². The van der Waals surface area contributed by atoms with Gasteiger partial charge in [-0.05, 0) is 26.3 Å². The summed E-state index contributed by atoms with van der Waals surface area (Å²) in [7, 11) is 0. The number of nitrogens with one attached hydrogen (secondary N) is 1. The van der Waals surface area contributed by atoms with Crippen molar-refractivity contribution in [2.45, 2.75) is 39.2 Å². The van der Waals surface area contributed by atoms with Gasteiger partial charge in [0.15, 0.2) is 0 Å². The van der Waals surface area contributed by atoms with E-state index < -0.39 is 0 Å². The molecular weight excluding hydrogens is 174 g/mol. The highest BCUT2D eigenvalue weighted by Gasteiger charge is 2.21. The van der Waals surface area contributed by atoms with Crippen LogP contribution in [0, 0.1) is 6.92 Å². The molecule has 0 radical (unpaired) electrons. The molecule has 2 rings (SSSR count). The molecule has 1 saturated heterocycles. The number of imidazole rings is 1. The van der Waals surface area contributed by atoms with Crippen LogP contribution in [0.1, 0.15) is 37.2 Å². The standard InChI is InChI=1S/C11H19N3/c1-3-6-14-9(2)7-13-11(14)10-4-5-12-8-10/h7,10,12H,3-6,8H2,1-2H3/t10-/m0/s1. The van der Waals surface area contributed by atoms with Crippen molar-refractivity contribution in [3.8, 4) is 0 Å². The van der Waals surface area contributed by atoms with E-state index in [1.807, 2.05) is 6.20 Å². The predicted octanol–water partition coefficient (Wildman–Crippen LogP) is 1.68. The van der Waals surface area contributed by atoms with Crippen LogP contribution < -0.4 is 5.32 Å². The maximum absolute atomic E-state index is 4.54. The van der Waals surface area contributed by atoms with Crippen LogP contribution in [0.5, 0.6) is 0 Å². The van der Waals surface area contributed by atoms with Crippen molar-refractivity contribution < 1.29 is 0 Å². The van der Waals surface area contributed by atoms with Gasteiger partial charge in [0.05, 0.1) is 0 Å². The fourth-order valence-electron chi connectivity index (χ4n) is 2.19. The molecule has 78 valence electrons. The van der Waals surface area contributed by atoms with Crippen LogP contribution in [-0.2, 0) is 6.54 Å². The Morgan fingerprint density at radius 1 is 1.64 bits per heavy atom. The molecule has 3 nitrogen and oxygen atoms in total. The average Bonchev–Trinajstić information content (AvgIpc) is 2.77. The summed E-state index contributed by atoms with van der Waals surface area (Å²) in [5.41, 5.74) is 1.30. The highest BCUT2D eigenvalue weighted by atomic mass is 15.1. The monoisotopic (exact) mass is 193 g/mol. The first-order valence-corrected chi connectivity index (χ1v) is 5.55. The maximum atomic E-state index is 4.54. The minimum absolute atomic E-state index is 0.634. The van der Waals surface area contributed by atoms with Crippen LogP contribution in [0.15, 0.2) is 6.20 Å². The minimum atomic E-state index is 0.634. The Hall–Kier alpha value is -0.830. The first-order valence-electron chi connectivity index (χ1n) is 5.55. The Morgan fingerprint density at radius 3 is 3.14 bits per heavy atom. The normalized spacial score (nSPS) is 21.7. The zero-order valence-electron chi connectivity index (χ0n) is 9.08. The minimum Gasteiger partial charge on any atom is -0.332 e. The predicted molar refractivity (Wildman–Crippen MR) is 57.5 cm³/mol. The molecule has 0 aliphatic carbocycles. The van der Waals surface area contributed by atoms with Crippen LogP contribution in [-0.4, -0.2) is 22.6 Å². The number of rotatable bonds is 3. The molecule has 1 N–H and O–H groups in total. The Morgan fingerprint density at radius 2 is 2.50 bits per heavy atom. The second-order valence-electron chi connectivity index (χ2n) is 4.10. The topological polar surface area (TPSA) is 29.9 Å². The molecule has 1 aromatic heterocycles. The summed E-state index contributed by atoms with van der Waals surface area (Å²) >= 11 is 0. The SMILES string of the molecule is CCCn1c(C)cnc1[C@H]1CCNC1. The Labute approximate surface area is 85.5 Å².